The molecule has 0 bridgehead atoms. The average molecular weight is 342 g/mol. The van der Waals surface area contributed by atoms with Crippen molar-refractivity contribution in [1.29, 1.82) is 0 Å². The van der Waals surface area contributed by atoms with Crippen LogP contribution in [0.1, 0.15) is 11.1 Å². The molecule has 0 fully saturated rings. The van der Waals surface area contributed by atoms with E-state index in [0.717, 1.165) is 27.8 Å². The number of hydrogen-bond donors (Lipinski definition) is 1. The second-order valence-corrected chi connectivity index (χ2v) is 5.96. The number of fused-ring (bicyclic) bond motifs is 1. The summed E-state index contributed by atoms with van der Waals surface area (Å²) in [7, 11) is 1.54. The van der Waals surface area contributed by atoms with E-state index in [1.165, 1.54) is 0 Å². The minimum absolute atomic E-state index is 0.138. The fourth-order valence-electron chi connectivity index (χ4n) is 2.93. The first-order valence-corrected chi connectivity index (χ1v) is 8.32. The molecule has 0 aliphatic carbocycles. The molecule has 128 valence electrons. The number of nitrogens with zero attached hydrogens (tertiary/aromatic N) is 2. The minimum atomic E-state index is 0.138. The van der Waals surface area contributed by atoms with Gasteiger partial charge in [0.05, 0.1) is 18.1 Å². The van der Waals surface area contributed by atoms with Crippen molar-refractivity contribution in [2.45, 2.75) is 0 Å². The summed E-state index contributed by atoms with van der Waals surface area (Å²) in [6.45, 7) is 0. The first kappa shape index (κ1) is 16.0. The lowest BCUT2D eigenvalue weighted by Gasteiger charge is -2.06. The predicted octanol–water partition coefficient (Wildman–Crippen LogP) is 4.91. The van der Waals surface area contributed by atoms with Gasteiger partial charge in [-0.2, -0.15) is 0 Å². The molecule has 0 aliphatic heterocycles. The van der Waals surface area contributed by atoms with Crippen LogP contribution in [0.2, 0.25) is 0 Å². The van der Waals surface area contributed by atoms with Crippen LogP contribution in [0.15, 0.2) is 73.1 Å². The van der Waals surface area contributed by atoms with Crippen LogP contribution in [0.25, 0.3) is 28.9 Å². The molecule has 3 aromatic carbocycles. The summed E-state index contributed by atoms with van der Waals surface area (Å²) in [4.78, 5) is 4.45. The molecule has 0 spiro atoms. The highest BCUT2D eigenvalue weighted by Crippen LogP contribution is 2.27. The lowest BCUT2D eigenvalue weighted by Crippen LogP contribution is -1.91. The molecule has 4 nitrogen and oxygen atoms in total. The van der Waals surface area contributed by atoms with Crippen molar-refractivity contribution < 1.29 is 9.84 Å². The van der Waals surface area contributed by atoms with Gasteiger partial charge in [0.15, 0.2) is 11.5 Å². The van der Waals surface area contributed by atoms with Gasteiger partial charge in [0.1, 0.15) is 6.33 Å². The maximum absolute atomic E-state index is 9.69. The van der Waals surface area contributed by atoms with Gasteiger partial charge in [0, 0.05) is 5.69 Å². The zero-order chi connectivity index (χ0) is 17.9. The molecule has 0 unspecified atom stereocenters. The summed E-state index contributed by atoms with van der Waals surface area (Å²) < 4.78 is 7.23. The molecule has 0 saturated carbocycles. The van der Waals surface area contributed by atoms with Crippen LogP contribution < -0.4 is 4.74 Å². The summed E-state index contributed by atoms with van der Waals surface area (Å²) in [5.74, 6) is 0.601. The van der Waals surface area contributed by atoms with Crippen molar-refractivity contribution in [1.82, 2.24) is 9.55 Å². The molecule has 4 heteroatoms. The van der Waals surface area contributed by atoms with Crippen LogP contribution in [0, 0.1) is 0 Å². The summed E-state index contributed by atoms with van der Waals surface area (Å²) in [5, 5.41) is 9.69. The molecule has 1 aromatic heterocycles. The fourth-order valence-corrected chi connectivity index (χ4v) is 2.93. The predicted molar refractivity (Wildman–Crippen MR) is 105 cm³/mol. The van der Waals surface area contributed by atoms with Crippen LogP contribution in [0.3, 0.4) is 0 Å². The van der Waals surface area contributed by atoms with Crippen molar-refractivity contribution in [2.24, 2.45) is 0 Å². The number of ether oxygens (including phenoxy) is 1. The number of hydrogen-bond acceptors (Lipinski definition) is 3. The van der Waals surface area contributed by atoms with Crippen molar-refractivity contribution in [2.75, 3.05) is 7.11 Å². The summed E-state index contributed by atoms with van der Waals surface area (Å²) in [6, 6.07) is 21.6. The van der Waals surface area contributed by atoms with Crippen LogP contribution in [0.5, 0.6) is 11.5 Å². The van der Waals surface area contributed by atoms with Crippen LogP contribution in [-0.2, 0) is 0 Å². The minimum Gasteiger partial charge on any atom is -0.504 e. The molecule has 0 radical (unpaired) electrons. The number of phenols is 1. The summed E-state index contributed by atoms with van der Waals surface area (Å²) >= 11 is 0. The third-order valence-electron chi connectivity index (χ3n) is 4.27. The topological polar surface area (TPSA) is 47.3 Å². The fraction of sp³-hybridized carbons (Fsp3) is 0.0455. The van der Waals surface area contributed by atoms with Gasteiger partial charge in [-0.25, -0.2) is 4.98 Å². The van der Waals surface area contributed by atoms with Gasteiger partial charge in [-0.15, -0.1) is 0 Å². The Balaban J connectivity index is 1.66. The zero-order valence-electron chi connectivity index (χ0n) is 14.3. The molecular formula is C22H18N2O2. The van der Waals surface area contributed by atoms with Crippen molar-refractivity contribution in [3.63, 3.8) is 0 Å². The number of aromatic nitrogens is 2. The van der Waals surface area contributed by atoms with Crippen molar-refractivity contribution in [3.8, 4) is 17.2 Å². The maximum atomic E-state index is 9.69. The second-order valence-electron chi connectivity index (χ2n) is 5.96. The zero-order valence-corrected chi connectivity index (χ0v) is 14.3. The van der Waals surface area contributed by atoms with E-state index in [1.54, 1.807) is 19.2 Å². The number of rotatable bonds is 4. The maximum Gasteiger partial charge on any atom is 0.161 e. The van der Waals surface area contributed by atoms with E-state index in [0.29, 0.717) is 5.75 Å². The molecule has 4 rings (SSSR count). The van der Waals surface area contributed by atoms with Gasteiger partial charge >= 0.3 is 0 Å². The molecule has 0 atom stereocenters. The third-order valence-corrected chi connectivity index (χ3v) is 4.27. The first-order chi connectivity index (χ1) is 12.7. The highest BCUT2D eigenvalue weighted by atomic mass is 16.5. The Labute approximate surface area is 151 Å². The van der Waals surface area contributed by atoms with E-state index in [2.05, 4.69) is 33.8 Å². The quantitative estimate of drug-likeness (QED) is 0.536. The van der Waals surface area contributed by atoms with Crippen molar-refractivity contribution in [3.05, 3.63) is 84.2 Å². The van der Waals surface area contributed by atoms with Gasteiger partial charge in [0.25, 0.3) is 0 Å². The standard InChI is InChI=1S/C22H18N2O2/c1-26-22-14-17(11-12-21(22)25)10-9-16-5-4-6-18(13-16)24-15-23-19-7-2-3-8-20(19)24/h2-15,25H,1H3. The number of phenolic OH excluding ortho intramolecular Hbond substituents is 1. The SMILES string of the molecule is COc1cc(C=Cc2cccc(-n3cnc4ccccc43)c2)ccc1O. The highest BCUT2D eigenvalue weighted by Gasteiger charge is 2.04. The molecule has 0 amide bonds. The Morgan fingerprint density at radius 3 is 2.58 bits per heavy atom. The highest BCUT2D eigenvalue weighted by molar-refractivity contribution is 5.78. The smallest absolute Gasteiger partial charge is 0.161 e. The largest absolute Gasteiger partial charge is 0.504 e. The lowest BCUT2D eigenvalue weighted by molar-refractivity contribution is 0.373. The Kier molecular flexibility index (Phi) is 4.15. The molecular weight excluding hydrogens is 324 g/mol. The van der Waals surface area contributed by atoms with E-state index in [9.17, 15) is 5.11 Å². The van der Waals surface area contributed by atoms with Gasteiger partial charge in [-0.3, -0.25) is 4.57 Å². The Bertz CT molecular complexity index is 1100. The van der Waals surface area contributed by atoms with E-state index in [1.807, 2.05) is 48.8 Å². The van der Waals surface area contributed by atoms with E-state index < -0.39 is 0 Å². The number of aromatic hydroxyl groups is 1. The normalized spacial score (nSPS) is 11.3. The Hall–Kier alpha value is -3.53. The van der Waals surface area contributed by atoms with Crippen molar-refractivity contribution >= 4 is 23.2 Å². The average Bonchev–Trinajstić information content (AvgIpc) is 3.12. The van der Waals surface area contributed by atoms with Gasteiger partial charge in [0.2, 0.25) is 0 Å². The van der Waals surface area contributed by atoms with Crippen LogP contribution in [-0.4, -0.2) is 21.8 Å². The molecule has 1 N–H and O–H groups in total. The summed E-state index contributed by atoms with van der Waals surface area (Å²) in [5.41, 5.74) is 5.15. The van der Waals surface area contributed by atoms with Gasteiger partial charge < -0.3 is 9.84 Å². The lowest BCUT2D eigenvalue weighted by atomic mass is 10.1. The van der Waals surface area contributed by atoms with Gasteiger partial charge in [-0.1, -0.05) is 42.5 Å². The number of benzene rings is 3. The van der Waals surface area contributed by atoms with Crippen LogP contribution in [0.4, 0.5) is 0 Å². The van der Waals surface area contributed by atoms with Crippen LogP contribution >= 0.6 is 0 Å². The molecule has 1 heterocycles. The molecule has 26 heavy (non-hydrogen) atoms. The number of para-hydroxylation sites is 2. The second kappa shape index (κ2) is 6.76. The molecule has 0 saturated heterocycles. The first-order valence-electron chi connectivity index (χ1n) is 8.32. The molecule has 4 aromatic rings. The van der Waals surface area contributed by atoms with Gasteiger partial charge in [-0.05, 0) is 47.5 Å². The third kappa shape index (κ3) is 3.05. The number of imidazole rings is 1. The van der Waals surface area contributed by atoms with E-state index in [-0.39, 0.29) is 5.75 Å². The number of methoxy groups -OCH3 is 1. The Morgan fingerprint density at radius 1 is 0.923 bits per heavy atom. The molecule has 0 aliphatic rings. The monoisotopic (exact) mass is 342 g/mol. The summed E-state index contributed by atoms with van der Waals surface area (Å²) in [6.07, 6.45) is 5.87. The van der Waals surface area contributed by atoms with E-state index in [4.69, 9.17) is 4.74 Å². The Morgan fingerprint density at radius 2 is 1.73 bits per heavy atom. The van der Waals surface area contributed by atoms with E-state index >= 15 is 0 Å².